The van der Waals surface area contributed by atoms with Crippen LogP contribution in [0.2, 0.25) is 0 Å². The van der Waals surface area contributed by atoms with Crippen LogP contribution in [-0.4, -0.2) is 44.7 Å². The second kappa shape index (κ2) is 10.5. The van der Waals surface area contributed by atoms with Crippen LogP contribution in [-0.2, 0) is 13.1 Å². The molecule has 1 aromatic carbocycles. The van der Waals surface area contributed by atoms with Gasteiger partial charge in [0.15, 0.2) is 11.1 Å². The molecule has 0 spiro atoms. The number of piperidine rings is 1. The maximum absolute atomic E-state index is 4.74. The Morgan fingerprint density at radius 2 is 1.93 bits per heavy atom. The van der Waals surface area contributed by atoms with E-state index in [4.69, 9.17) is 4.99 Å². The number of benzene rings is 1. The molecule has 7 heteroatoms. The van der Waals surface area contributed by atoms with Crippen molar-refractivity contribution in [2.45, 2.75) is 39.8 Å². The number of hydrogen-bond donors (Lipinski definition) is 2. The largest absolute Gasteiger partial charge is 0.372 e. The summed E-state index contributed by atoms with van der Waals surface area (Å²) >= 11 is 1.66. The molecule has 6 nitrogen and oxygen atoms in total. The van der Waals surface area contributed by atoms with E-state index >= 15 is 0 Å². The normalized spacial score (nSPS) is 15.4. The van der Waals surface area contributed by atoms with Crippen molar-refractivity contribution >= 4 is 28.1 Å². The van der Waals surface area contributed by atoms with Crippen LogP contribution in [0.5, 0.6) is 0 Å². The Labute approximate surface area is 179 Å². The third-order valence-electron chi connectivity index (χ3n) is 5.21. The second-order valence-corrected chi connectivity index (χ2v) is 8.74. The molecule has 2 aromatic rings. The number of anilines is 2. The van der Waals surface area contributed by atoms with Crippen molar-refractivity contribution in [3.63, 3.8) is 0 Å². The summed E-state index contributed by atoms with van der Waals surface area (Å²) < 4.78 is 0. The number of rotatable bonds is 7. The molecule has 0 aliphatic carbocycles. The molecule has 1 fully saturated rings. The predicted octanol–water partition coefficient (Wildman–Crippen LogP) is 3.70. The Bertz CT molecular complexity index is 775. The standard InChI is InChI=1S/C22H34N6S/c1-5-23-21(25-15-19-16-29-22(26-19)27(3)4)24-14-18-6-8-20(9-7-18)28-12-10-17(2)11-13-28/h6-9,16-17H,5,10-15H2,1-4H3,(H2,23,24,25). The lowest BCUT2D eigenvalue weighted by Crippen LogP contribution is -2.36. The maximum Gasteiger partial charge on any atom is 0.191 e. The van der Waals surface area contributed by atoms with Gasteiger partial charge in [-0.25, -0.2) is 9.98 Å². The Morgan fingerprint density at radius 3 is 2.55 bits per heavy atom. The van der Waals surface area contributed by atoms with Crippen molar-refractivity contribution in [2.75, 3.05) is 43.5 Å². The minimum absolute atomic E-state index is 0.659. The molecule has 1 aromatic heterocycles. The topological polar surface area (TPSA) is 55.8 Å². The van der Waals surface area contributed by atoms with Crippen LogP contribution in [0.4, 0.5) is 10.8 Å². The molecule has 0 atom stereocenters. The van der Waals surface area contributed by atoms with Crippen molar-refractivity contribution < 1.29 is 0 Å². The van der Waals surface area contributed by atoms with Crippen LogP contribution in [0, 0.1) is 5.92 Å². The van der Waals surface area contributed by atoms with E-state index < -0.39 is 0 Å². The highest BCUT2D eigenvalue weighted by molar-refractivity contribution is 7.13. The van der Waals surface area contributed by atoms with Gasteiger partial charge in [0.05, 0.1) is 18.8 Å². The van der Waals surface area contributed by atoms with Gasteiger partial charge in [0.1, 0.15) is 0 Å². The zero-order chi connectivity index (χ0) is 20.6. The lowest BCUT2D eigenvalue weighted by molar-refractivity contribution is 0.438. The van der Waals surface area contributed by atoms with E-state index in [-0.39, 0.29) is 0 Å². The van der Waals surface area contributed by atoms with Gasteiger partial charge >= 0.3 is 0 Å². The molecule has 158 valence electrons. The summed E-state index contributed by atoms with van der Waals surface area (Å²) in [6, 6.07) is 8.87. The Balaban J connectivity index is 1.54. The first-order chi connectivity index (χ1) is 14.0. The van der Waals surface area contributed by atoms with Crippen molar-refractivity contribution in [3.05, 3.63) is 40.9 Å². The first kappa shape index (κ1) is 21.4. The Kier molecular flexibility index (Phi) is 7.75. The summed E-state index contributed by atoms with van der Waals surface area (Å²) in [6.07, 6.45) is 2.58. The van der Waals surface area contributed by atoms with Gasteiger partial charge in [0.2, 0.25) is 0 Å². The van der Waals surface area contributed by atoms with Crippen LogP contribution in [0.15, 0.2) is 34.6 Å². The van der Waals surface area contributed by atoms with Gasteiger partial charge in [0.25, 0.3) is 0 Å². The third kappa shape index (κ3) is 6.35. The van der Waals surface area contributed by atoms with E-state index in [1.807, 2.05) is 19.0 Å². The first-order valence-corrected chi connectivity index (χ1v) is 11.4. The molecule has 1 aliphatic rings. The number of aromatic nitrogens is 1. The zero-order valence-corrected chi connectivity index (χ0v) is 18.9. The molecule has 1 aliphatic heterocycles. The highest BCUT2D eigenvalue weighted by Gasteiger charge is 2.15. The lowest BCUT2D eigenvalue weighted by Gasteiger charge is -2.32. The molecule has 0 radical (unpaired) electrons. The summed E-state index contributed by atoms with van der Waals surface area (Å²) in [7, 11) is 4.03. The molecule has 3 rings (SSSR count). The van der Waals surface area contributed by atoms with Gasteiger partial charge in [-0.05, 0) is 43.4 Å². The molecule has 0 bridgehead atoms. The fourth-order valence-corrected chi connectivity index (χ4v) is 4.11. The van der Waals surface area contributed by atoms with Gasteiger partial charge in [-0.3, -0.25) is 0 Å². The van der Waals surface area contributed by atoms with E-state index in [0.29, 0.717) is 13.1 Å². The fraction of sp³-hybridized carbons (Fsp3) is 0.545. The van der Waals surface area contributed by atoms with Gasteiger partial charge in [0, 0.05) is 44.8 Å². The monoisotopic (exact) mass is 414 g/mol. The van der Waals surface area contributed by atoms with E-state index in [0.717, 1.165) is 29.2 Å². The number of guanidine groups is 1. The average molecular weight is 415 g/mol. The number of nitrogens with one attached hydrogen (secondary N) is 2. The number of nitrogens with zero attached hydrogens (tertiary/aromatic N) is 4. The van der Waals surface area contributed by atoms with Crippen molar-refractivity contribution in [1.82, 2.24) is 15.6 Å². The SMILES string of the molecule is CCNC(=NCc1ccc(N2CCC(C)CC2)cc1)NCc1csc(N(C)C)n1. The first-order valence-electron chi connectivity index (χ1n) is 10.5. The van der Waals surface area contributed by atoms with E-state index in [2.05, 4.69) is 64.0 Å². The molecule has 0 unspecified atom stereocenters. The smallest absolute Gasteiger partial charge is 0.191 e. The van der Waals surface area contributed by atoms with Crippen LogP contribution >= 0.6 is 11.3 Å². The van der Waals surface area contributed by atoms with E-state index in [1.165, 1.54) is 37.2 Å². The minimum atomic E-state index is 0.659. The average Bonchev–Trinajstić information content (AvgIpc) is 3.21. The van der Waals surface area contributed by atoms with Gasteiger partial charge in [-0.2, -0.15) is 0 Å². The number of hydrogen-bond acceptors (Lipinski definition) is 5. The van der Waals surface area contributed by atoms with E-state index in [9.17, 15) is 0 Å². The summed E-state index contributed by atoms with van der Waals surface area (Å²) in [5.74, 6) is 1.68. The number of thiazole rings is 1. The van der Waals surface area contributed by atoms with E-state index in [1.54, 1.807) is 11.3 Å². The van der Waals surface area contributed by atoms with Crippen molar-refractivity contribution in [1.29, 1.82) is 0 Å². The van der Waals surface area contributed by atoms with Gasteiger partial charge in [-0.1, -0.05) is 19.1 Å². The second-order valence-electron chi connectivity index (χ2n) is 7.90. The molecule has 29 heavy (non-hydrogen) atoms. The van der Waals surface area contributed by atoms with Gasteiger partial charge in [-0.15, -0.1) is 11.3 Å². The number of aliphatic imine (C=N–C) groups is 1. The molecular weight excluding hydrogens is 380 g/mol. The predicted molar refractivity (Wildman–Crippen MR) is 125 cm³/mol. The third-order valence-corrected chi connectivity index (χ3v) is 6.27. The molecule has 0 amide bonds. The maximum atomic E-state index is 4.74. The molecule has 0 saturated carbocycles. The van der Waals surface area contributed by atoms with Crippen LogP contribution < -0.4 is 20.4 Å². The van der Waals surface area contributed by atoms with Crippen molar-refractivity contribution in [3.8, 4) is 0 Å². The molecular formula is C22H34N6S. The van der Waals surface area contributed by atoms with Gasteiger partial charge < -0.3 is 20.4 Å². The molecule has 1 saturated heterocycles. The summed E-state index contributed by atoms with van der Waals surface area (Å²) in [5.41, 5.74) is 3.58. The quantitative estimate of drug-likeness (QED) is 0.534. The fourth-order valence-electron chi connectivity index (χ4n) is 3.35. The summed E-state index contributed by atoms with van der Waals surface area (Å²) in [6.45, 7) is 8.93. The van der Waals surface area contributed by atoms with Crippen LogP contribution in [0.25, 0.3) is 0 Å². The minimum Gasteiger partial charge on any atom is -0.372 e. The lowest BCUT2D eigenvalue weighted by atomic mass is 9.99. The summed E-state index contributed by atoms with van der Waals surface area (Å²) in [4.78, 5) is 13.9. The van der Waals surface area contributed by atoms with Crippen LogP contribution in [0.3, 0.4) is 0 Å². The zero-order valence-electron chi connectivity index (χ0n) is 18.1. The highest BCUT2D eigenvalue weighted by atomic mass is 32.1. The Morgan fingerprint density at radius 1 is 1.21 bits per heavy atom. The van der Waals surface area contributed by atoms with Crippen LogP contribution in [0.1, 0.15) is 37.9 Å². The summed E-state index contributed by atoms with van der Waals surface area (Å²) in [5, 5.41) is 9.81. The van der Waals surface area contributed by atoms with Crippen molar-refractivity contribution in [2.24, 2.45) is 10.9 Å². The molecule has 2 heterocycles. The Hall–Kier alpha value is -2.28. The highest BCUT2D eigenvalue weighted by Crippen LogP contribution is 2.23. The molecule has 2 N–H and O–H groups in total.